The van der Waals surface area contributed by atoms with E-state index >= 15 is 0 Å². The molecule has 0 radical (unpaired) electrons. The predicted octanol–water partition coefficient (Wildman–Crippen LogP) is 4.51. The Hall–Kier alpha value is -2.13. The Morgan fingerprint density at radius 2 is 1.67 bits per heavy atom. The first-order valence-electron chi connectivity index (χ1n) is 8.66. The summed E-state index contributed by atoms with van der Waals surface area (Å²) in [5.74, 6) is -1.36. The van der Waals surface area contributed by atoms with Gasteiger partial charge in [0.25, 0.3) is 0 Å². The molecule has 0 aromatic heterocycles. The van der Waals surface area contributed by atoms with Crippen LogP contribution in [0.15, 0.2) is 48.5 Å². The Labute approximate surface area is 143 Å². The maximum absolute atomic E-state index is 12.1. The topological polar surface area (TPSA) is 57.5 Å². The molecular weight excluding hydrogens is 300 g/mol. The van der Waals surface area contributed by atoms with Crippen LogP contribution in [0.25, 0.3) is 11.1 Å². The minimum absolute atomic E-state index is 0.228. The maximum Gasteiger partial charge on any atom is 0.340 e. The van der Waals surface area contributed by atoms with E-state index in [1.54, 1.807) is 6.07 Å². The van der Waals surface area contributed by atoms with Crippen molar-refractivity contribution in [3.63, 3.8) is 0 Å². The lowest BCUT2D eigenvalue weighted by atomic mass is 9.71. The number of rotatable bonds is 4. The van der Waals surface area contributed by atoms with Crippen molar-refractivity contribution in [3.05, 3.63) is 59.7 Å². The van der Waals surface area contributed by atoms with Gasteiger partial charge in [-0.25, -0.2) is 4.79 Å². The average molecular weight is 324 g/mol. The minimum Gasteiger partial charge on any atom is -0.479 e. The van der Waals surface area contributed by atoms with Crippen LogP contribution in [0, 0.1) is 12.8 Å². The lowest BCUT2D eigenvalue weighted by molar-refractivity contribution is -0.168. The molecule has 0 aliphatic heterocycles. The number of hydrogen-bond acceptors (Lipinski definition) is 2. The molecule has 0 amide bonds. The van der Waals surface area contributed by atoms with Gasteiger partial charge < -0.3 is 10.2 Å². The first kappa shape index (κ1) is 16.7. The molecule has 126 valence electrons. The smallest absolute Gasteiger partial charge is 0.340 e. The fourth-order valence-corrected chi connectivity index (χ4v) is 4.01. The van der Waals surface area contributed by atoms with Crippen LogP contribution in [0.3, 0.4) is 0 Å². The highest BCUT2D eigenvalue weighted by molar-refractivity contribution is 5.82. The summed E-state index contributed by atoms with van der Waals surface area (Å²) < 4.78 is 0. The third-order valence-electron chi connectivity index (χ3n) is 5.35. The Morgan fingerprint density at radius 1 is 1.00 bits per heavy atom. The first-order valence-corrected chi connectivity index (χ1v) is 8.66. The Balaban J connectivity index is 2.11. The molecule has 2 aromatic carbocycles. The molecule has 0 saturated heterocycles. The van der Waals surface area contributed by atoms with Crippen molar-refractivity contribution >= 4 is 5.97 Å². The first-order chi connectivity index (χ1) is 11.5. The van der Waals surface area contributed by atoms with E-state index in [1.165, 1.54) is 0 Å². The minimum atomic E-state index is -1.81. The summed E-state index contributed by atoms with van der Waals surface area (Å²) >= 11 is 0. The second-order valence-corrected chi connectivity index (χ2v) is 6.75. The summed E-state index contributed by atoms with van der Waals surface area (Å²) in [5.41, 5.74) is 1.58. The molecule has 2 N–H and O–H groups in total. The normalized spacial score (nSPS) is 18.1. The molecule has 24 heavy (non-hydrogen) atoms. The third kappa shape index (κ3) is 2.84. The van der Waals surface area contributed by atoms with Crippen molar-refractivity contribution in [2.75, 3.05) is 0 Å². The summed E-state index contributed by atoms with van der Waals surface area (Å²) in [6.07, 6.45) is 4.61. The zero-order chi connectivity index (χ0) is 17.2. The van der Waals surface area contributed by atoms with Crippen molar-refractivity contribution in [1.82, 2.24) is 0 Å². The maximum atomic E-state index is 12.1. The molecule has 0 heterocycles. The van der Waals surface area contributed by atoms with Gasteiger partial charge in [0.2, 0.25) is 0 Å². The number of carboxylic acids is 1. The molecule has 1 unspecified atom stereocenters. The third-order valence-corrected chi connectivity index (χ3v) is 5.35. The highest BCUT2D eigenvalue weighted by Gasteiger charge is 2.46. The molecule has 3 nitrogen and oxygen atoms in total. The molecule has 3 heteroatoms. The number of carbonyl (C=O) groups is 1. The molecule has 1 aliphatic carbocycles. The fraction of sp³-hybridized carbons (Fsp3) is 0.381. The summed E-state index contributed by atoms with van der Waals surface area (Å²) in [6, 6.07) is 15.5. The summed E-state index contributed by atoms with van der Waals surface area (Å²) in [5, 5.41) is 21.1. The Kier molecular flexibility index (Phi) is 4.72. The zero-order valence-corrected chi connectivity index (χ0v) is 14.0. The van der Waals surface area contributed by atoms with Crippen LogP contribution >= 0.6 is 0 Å². The van der Waals surface area contributed by atoms with Crippen LogP contribution in [0.1, 0.15) is 43.2 Å². The largest absolute Gasteiger partial charge is 0.479 e. The van der Waals surface area contributed by atoms with Crippen molar-refractivity contribution in [2.45, 2.75) is 44.6 Å². The average Bonchev–Trinajstić information content (AvgIpc) is 2.62. The van der Waals surface area contributed by atoms with Crippen LogP contribution < -0.4 is 0 Å². The molecule has 0 bridgehead atoms. The summed E-state index contributed by atoms with van der Waals surface area (Å²) in [7, 11) is 0. The van der Waals surface area contributed by atoms with Crippen molar-refractivity contribution in [1.29, 1.82) is 0 Å². The molecule has 3 rings (SSSR count). The molecule has 0 spiro atoms. The molecule has 1 aliphatic rings. The fourth-order valence-electron chi connectivity index (χ4n) is 4.01. The van der Waals surface area contributed by atoms with Crippen molar-refractivity contribution in [3.8, 4) is 11.1 Å². The Bertz CT molecular complexity index is 717. The lowest BCUT2D eigenvalue weighted by Gasteiger charge is -2.36. The second kappa shape index (κ2) is 6.78. The highest BCUT2D eigenvalue weighted by Crippen LogP contribution is 2.42. The standard InChI is InChI=1S/C21H24O3/c1-15-18(16-9-4-2-5-10-16)13-8-14-19(15)21(24,20(22)23)17-11-6-3-7-12-17/h2,4-5,8-10,13-14,17,24H,3,6-7,11-12H2,1H3,(H,22,23). The Morgan fingerprint density at radius 3 is 2.29 bits per heavy atom. The number of aliphatic carboxylic acids is 1. The van der Waals surface area contributed by atoms with Gasteiger partial charge in [-0.1, -0.05) is 67.8 Å². The molecule has 2 aromatic rings. The molecule has 1 saturated carbocycles. The van der Waals surface area contributed by atoms with Gasteiger partial charge >= 0.3 is 5.97 Å². The van der Waals surface area contributed by atoms with Crippen LogP contribution in [0.2, 0.25) is 0 Å². The SMILES string of the molecule is Cc1c(-c2ccccc2)cccc1C(O)(C(=O)O)C1CCCCC1. The van der Waals surface area contributed by atoms with E-state index in [0.717, 1.165) is 48.8 Å². The van der Waals surface area contributed by atoms with Gasteiger partial charge in [0.05, 0.1) is 0 Å². The second-order valence-electron chi connectivity index (χ2n) is 6.75. The number of carboxylic acid groups (broad SMARTS) is 1. The van der Waals surface area contributed by atoms with Crippen LogP contribution in [0.4, 0.5) is 0 Å². The van der Waals surface area contributed by atoms with Crippen molar-refractivity contribution in [2.24, 2.45) is 5.92 Å². The predicted molar refractivity (Wildman–Crippen MR) is 94.7 cm³/mol. The lowest BCUT2D eigenvalue weighted by Crippen LogP contribution is -2.44. The van der Waals surface area contributed by atoms with Gasteiger partial charge in [-0.05, 0) is 42.0 Å². The quantitative estimate of drug-likeness (QED) is 0.869. The number of benzene rings is 2. The molecular formula is C21H24O3. The van der Waals surface area contributed by atoms with Crippen LogP contribution in [-0.4, -0.2) is 16.2 Å². The summed E-state index contributed by atoms with van der Waals surface area (Å²) in [4.78, 5) is 12.1. The van der Waals surface area contributed by atoms with E-state index in [-0.39, 0.29) is 5.92 Å². The van der Waals surface area contributed by atoms with Crippen LogP contribution in [-0.2, 0) is 10.4 Å². The zero-order valence-electron chi connectivity index (χ0n) is 14.0. The highest BCUT2D eigenvalue weighted by atomic mass is 16.4. The van der Waals surface area contributed by atoms with Gasteiger partial charge in [-0.2, -0.15) is 0 Å². The van der Waals surface area contributed by atoms with Crippen molar-refractivity contribution < 1.29 is 15.0 Å². The molecule has 1 atom stereocenters. The van der Waals surface area contributed by atoms with E-state index in [2.05, 4.69) is 0 Å². The number of hydrogen-bond donors (Lipinski definition) is 2. The van der Waals surface area contributed by atoms with Gasteiger partial charge in [0.15, 0.2) is 5.60 Å². The van der Waals surface area contributed by atoms with E-state index in [9.17, 15) is 15.0 Å². The van der Waals surface area contributed by atoms with E-state index in [1.807, 2.05) is 49.4 Å². The molecule has 1 fully saturated rings. The van der Waals surface area contributed by atoms with E-state index in [0.29, 0.717) is 5.56 Å². The van der Waals surface area contributed by atoms with Crippen LogP contribution in [0.5, 0.6) is 0 Å². The van der Waals surface area contributed by atoms with E-state index < -0.39 is 11.6 Å². The summed E-state index contributed by atoms with van der Waals surface area (Å²) in [6.45, 7) is 1.91. The van der Waals surface area contributed by atoms with Gasteiger partial charge in [0.1, 0.15) is 0 Å². The van der Waals surface area contributed by atoms with E-state index in [4.69, 9.17) is 0 Å². The van der Waals surface area contributed by atoms with Gasteiger partial charge in [-0.15, -0.1) is 0 Å². The van der Waals surface area contributed by atoms with Gasteiger partial charge in [0, 0.05) is 5.92 Å². The van der Waals surface area contributed by atoms with Gasteiger partial charge in [-0.3, -0.25) is 0 Å². The monoisotopic (exact) mass is 324 g/mol. The number of aliphatic hydroxyl groups is 1.